The number of hydrogen-bond acceptors (Lipinski definition) is 4. The zero-order chi connectivity index (χ0) is 20.8. The molecule has 5 nitrogen and oxygen atoms in total. The van der Waals surface area contributed by atoms with Gasteiger partial charge in [-0.15, -0.1) is 0 Å². The summed E-state index contributed by atoms with van der Waals surface area (Å²) in [5, 5.41) is 3.07. The van der Waals surface area contributed by atoms with E-state index in [4.69, 9.17) is 4.74 Å². The van der Waals surface area contributed by atoms with E-state index in [1.165, 1.54) is 24.6 Å². The highest BCUT2D eigenvalue weighted by molar-refractivity contribution is 9.10. The van der Waals surface area contributed by atoms with Crippen LogP contribution in [0.4, 0.5) is 4.79 Å². The van der Waals surface area contributed by atoms with Crippen molar-refractivity contribution in [2.45, 2.75) is 19.0 Å². The molecule has 4 rings (SSSR count). The van der Waals surface area contributed by atoms with E-state index in [9.17, 15) is 4.79 Å². The Hall–Kier alpha value is -1.70. The van der Waals surface area contributed by atoms with Crippen LogP contribution in [0.2, 0.25) is 0 Å². The number of carbonyl (C=O) groups excluding carboxylic acids is 1. The maximum absolute atomic E-state index is 12.4. The highest BCUT2D eigenvalue weighted by Crippen LogP contribution is 2.28. The van der Waals surface area contributed by atoms with Crippen LogP contribution in [-0.2, 0) is 6.54 Å². The first kappa shape index (κ1) is 21.5. The number of rotatable bonds is 8. The van der Waals surface area contributed by atoms with E-state index < -0.39 is 0 Å². The summed E-state index contributed by atoms with van der Waals surface area (Å²) in [5.74, 6) is 3.35. The minimum Gasteiger partial charge on any atom is -0.492 e. The minimum atomic E-state index is -0.0172. The monoisotopic (exact) mass is 489 g/mol. The normalized spacial score (nSPS) is 19.7. The van der Waals surface area contributed by atoms with Crippen molar-refractivity contribution in [2.75, 3.05) is 44.3 Å². The van der Waals surface area contributed by atoms with E-state index in [1.807, 2.05) is 47.0 Å². The molecule has 0 bridgehead atoms. The molecule has 160 valence electrons. The summed E-state index contributed by atoms with van der Waals surface area (Å²) >= 11 is 5.67. The Morgan fingerprint density at radius 3 is 2.70 bits per heavy atom. The number of urea groups is 1. The zero-order valence-electron chi connectivity index (χ0n) is 17.1. The third-order valence-corrected chi connectivity index (χ3v) is 7.10. The summed E-state index contributed by atoms with van der Waals surface area (Å²) in [5.41, 5.74) is 2.23. The lowest BCUT2D eigenvalue weighted by atomic mass is 10.1. The first-order valence-corrected chi connectivity index (χ1v) is 12.5. The Labute approximate surface area is 191 Å². The first-order chi connectivity index (χ1) is 14.7. The smallest absolute Gasteiger partial charge is 0.318 e. The largest absolute Gasteiger partial charge is 0.492 e. The van der Waals surface area contributed by atoms with Crippen molar-refractivity contribution >= 4 is 33.7 Å². The van der Waals surface area contributed by atoms with E-state index in [0.717, 1.165) is 40.9 Å². The molecule has 2 aliphatic heterocycles. The van der Waals surface area contributed by atoms with E-state index >= 15 is 0 Å². The van der Waals surface area contributed by atoms with Gasteiger partial charge >= 0.3 is 6.03 Å². The third kappa shape index (κ3) is 5.71. The van der Waals surface area contributed by atoms with Crippen molar-refractivity contribution in [3.8, 4) is 5.75 Å². The molecule has 7 heteroatoms. The Morgan fingerprint density at radius 1 is 1.13 bits per heavy atom. The van der Waals surface area contributed by atoms with Gasteiger partial charge in [0.2, 0.25) is 0 Å². The second-order valence-corrected chi connectivity index (χ2v) is 9.79. The van der Waals surface area contributed by atoms with E-state index in [1.54, 1.807) is 0 Å². The van der Waals surface area contributed by atoms with Crippen molar-refractivity contribution in [3.63, 3.8) is 0 Å². The van der Waals surface area contributed by atoms with Gasteiger partial charge < -0.3 is 19.9 Å². The molecule has 30 heavy (non-hydrogen) atoms. The number of halogens is 1. The quantitative estimate of drug-likeness (QED) is 0.553. The lowest BCUT2D eigenvalue weighted by Crippen LogP contribution is -2.33. The summed E-state index contributed by atoms with van der Waals surface area (Å²) in [7, 11) is 0. The third-order valence-electron chi connectivity index (χ3n) is 5.54. The van der Waals surface area contributed by atoms with Crippen molar-refractivity contribution in [2.24, 2.45) is 0 Å². The van der Waals surface area contributed by atoms with Crippen LogP contribution in [-0.4, -0.2) is 60.1 Å². The van der Waals surface area contributed by atoms with Crippen molar-refractivity contribution in [1.29, 1.82) is 0 Å². The maximum Gasteiger partial charge on any atom is 0.318 e. The van der Waals surface area contributed by atoms with Gasteiger partial charge in [-0.05, 0) is 45.6 Å². The van der Waals surface area contributed by atoms with Crippen molar-refractivity contribution < 1.29 is 9.53 Å². The van der Waals surface area contributed by atoms with Gasteiger partial charge in [-0.25, -0.2) is 4.79 Å². The predicted octanol–water partition coefficient (Wildman–Crippen LogP) is 4.53. The van der Waals surface area contributed by atoms with Crippen molar-refractivity contribution in [3.05, 3.63) is 64.1 Å². The number of benzene rings is 2. The summed E-state index contributed by atoms with van der Waals surface area (Å²) < 4.78 is 6.92. The van der Waals surface area contributed by atoms with E-state index in [2.05, 4.69) is 44.3 Å². The van der Waals surface area contributed by atoms with Gasteiger partial charge in [-0.2, -0.15) is 11.8 Å². The molecule has 2 fully saturated rings. The van der Waals surface area contributed by atoms with E-state index in [0.29, 0.717) is 13.1 Å². The number of amides is 2. The highest BCUT2D eigenvalue weighted by Gasteiger charge is 2.29. The highest BCUT2D eigenvalue weighted by atomic mass is 79.9. The summed E-state index contributed by atoms with van der Waals surface area (Å²) in [4.78, 5) is 16.8. The first-order valence-electron chi connectivity index (χ1n) is 10.5. The Balaban J connectivity index is 1.26. The van der Waals surface area contributed by atoms with E-state index in [-0.39, 0.29) is 12.1 Å². The Bertz CT molecular complexity index is 846. The van der Waals surface area contributed by atoms with Crippen molar-refractivity contribution in [1.82, 2.24) is 15.1 Å². The maximum atomic E-state index is 12.4. The number of ether oxygens (including phenoxy) is 1. The average Bonchev–Trinajstić information content (AvgIpc) is 3.14. The van der Waals surface area contributed by atoms with Crippen LogP contribution in [0.1, 0.15) is 23.6 Å². The minimum absolute atomic E-state index is 0.0172. The number of nitrogens with one attached hydrogen (secondary N) is 1. The second-order valence-electron chi connectivity index (χ2n) is 7.71. The van der Waals surface area contributed by atoms with Gasteiger partial charge in [0.25, 0.3) is 0 Å². The van der Waals surface area contributed by atoms with Crippen LogP contribution in [0.25, 0.3) is 0 Å². The average molecular weight is 490 g/mol. The lowest BCUT2D eigenvalue weighted by molar-refractivity contribution is 0.215. The molecule has 2 amide bonds. The topological polar surface area (TPSA) is 44.8 Å². The fourth-order valence-corrected chi connectivity index (χ4v) is 5.39. The summed E-state index contributed by atoms with van der Waals surface area (Å²) in [6.07, 6.45) is 1.04. The van der Waals surface area contributed by atoms with Crippen LogP contribution in [0, 0.1) is 0 Å². The molecule has 0 spiro atoms. The van der Waals surface area contributed by atoms with Gasteiger partial charge in [0, 0.05) is 44.2 Å². The molecule has 2 saturated heterocycles. The van der Waals surface area contributed by atoms with Gasteiger partial charge in [-0.1, -0.05) is 36.4 Å². The van der Waals surface area contributed by atoms with Gasteiger partial charge in [-0.3, -0.25) is 0 Å². The molecule has 1 atom stereocenters. The molecule has 0 radical (unpaired) electrons. The fourth-order valence-electron chi connectivity index (χ4n) is 3.87. The molecule has 1 N–H and O–H groups in total. The summed E-state index contributed by atoms with van der Waals surface area (Å²) in [6.45, 7) is 5.46. The number of thioether (sulfide) groups is 1. The molecule has 2 aromatic carbocycles. The molecule has 2 aromatic rings. The lowest BCUT2D eigenvalue weighted by Gasteiger charge is -2.25. The Kier molecular flexibility index (Phi) is 7.57. The second kappa shape index (κ2) is 10.6. The van der Waals surface area contributed by atoms with Crippen LogP contribution < -0.4 is 10.1 Å². The standard InChI is InChI=1S/C23H28BrN3O2S/c24-20-15-18(7-8-22(20)29-12-4-9-26-10-13-30-14-11-26)16-27-17-21(25-23(27)28)19-5-2-1-3-6-19/h1-3,5-8,15,21H,4,9-14,16-17H2,(H,25,28)/t21-/m1/s1. The van der Waals surface area contributed by atoms with Gasteiger partial charge in [0.05, 0.1) is 17.1 Å². The van der Waals surface area contributed by atoms with Crippen LogP contribution in [0.3, 0.4) is 0 Å². The molecule has 2 aliphatic rings. The van der Waals surface area contributed by atoms with Crippen LogP contribution in [0.5, 0.6) is 5.75 Å². The van der Waals surface area contributed by atoms with Gasteiger partial charge in [0.15, 0.2) is 0 Å². The molecular formula is C23H28BrN3O2S. The fraction of sp³-hybridized carbons (Fsp3) is 0.435. The molecule has 0 saturated carbocycles. The number of hydrogen-bond donors (Lipinski definition) is 1. The zero-order valence-corrected chi connectivity index (χ0v) is 19.5. The molecular weight excluding hydrogens is 462 g/mol. The number of carbonyl (C=O) groups is 1. The number of nitrogens with zero attached hydrogens (tertiary/aromatic N) is 2. The Morgan fingerprint density at radius 2 is 1.93 bits per heavy atom. The molecule has 2 heterocycles. The summed E-state index contributed by atoms with van der Waals surface area (Å²) in [6, 6.07) is 16.2. The van der Waals surface area contributed by atoms with Crippen LogP contribution >= 0.6 is 27.7 Å². The van der Waals surface area contributed by atoms with Gasteiger partial charge in [0.1, 0.15) is 5.75 Å². The molecule has 0 aliphatic carbocycles. The SMILES string of the molecule is O=C1N[C@@H](c2ccccc2)CN1Cc1ccc(OCCCN2CCSCC2)c(Br)c1. The molecule has 0 aromatic heterocycles. The molecule has 0 unspecified atom stereocenters. The van der Waals surface area contributed by atoms with Crippen LogP contribution in [0.15, 0.2) is 53.0 Å². The predicted molar refractivity (Wildman–Crippen MR) is 126 cm³/mol.